The van der Waals surface area contributed by atoms with Gasteiger partial charge in [0.05, 0.1) is 20.3 Å². The molecule has 5 nitrogen and oxygen atoms in total. The van der Waals surface area contributed by atoms with Crippen molar-refractivity contribution < 1.29 is 14.2 Å². The van der Waals surface area contributed by atoms with Crippen LogP contribution in [-0.4, -0.2) is 44.4 Å². The molecule has 0 spiro atoms. The van der Waals surface area contributed by atoms with Crippen LogP contribution in [0.15, 0.2) is 66.7 Å². The van der Waals surface area contributed by atoms with Gasteiger partial charge in [-0.15, -0.1) is 0 Å². The highest BCUT2D eigenvalue weighted by atomic mass is 16.5. The molecule has 2 aliphatic rings. The molecule has 3 atom stereocenters. The van der Waals surface area contributed by atoms with Gasteiger partial charge in [0.1, 0.15) is 6.61 Å². The summed E-state index contributed by atoms with van der Waals surface area (Å²) in [5, 5.41) is 0. The first-order valence-electron chi connectivity index (χ1n) is 12.6. The second kappa shape index (κ2) is 10.8. The lowest BCUT2D eigenvalue weighted by molar-refractivity contribution is 0.0875. The van der Waals surface area contributed by atoms with Crippen LogP contribution in [0, 0.1) is 6.92 Å². The van der Waals surface area contributed by atoms with Gasteiger partial charge in [-0.05, 0) is 54.2 Å². The molecule has 35 heavy (non-hydrogen) atoms. The Kier molecular flexibility index (Phi) is 7.37. The van der Waals surface area contributed by atoms with E-state index in [-0.39, 0.29) is 6.04 Å². The van der Waals surface area contributed by atoms with E-state index in [1.165, 1.54) is 27.8 Å². The zero-order valence-corrected chi connectivity index (χ0v) is 20.8. The van der Waals surface area contributed by atoms with E-state index in [0.29, 0.717) is 31.8 Å². The van der Waals surface area contributed by atoms with Gasteiger partial charge in [0, 0.05) is 31.1 Å². The van der Waals surface area contributed by atoms with Crippen molar-refractivity contribution in [2.45, 2.75) is 44.4 Å². The molecule has 2 heterocycles. The van der Waals surface area contributed by atoms with E-state index in [2.05, 4.69) is 60.4 Å². The Morgan fingerprint density at radius 2 is 1.83 bits per heavy atom. The highest BCUT2D eigenvalue weighted by Crippen LogP contribution is 2.44. The SMILES string of the molecule is COc1cc2c(cc1OCCOCc1ccccc1)CCN1C[C@@H](c3cccc(C)c3)[C@H](N)C[C@H]21. The number of hydrogen-bond acceptors (Lipinski definition) is 5. The van der Waals surface area contributed by atoms with Crippen molar-refractivity contribution >= 4 is 0 Å². The average Bonchev–Trinajstić information content (AvgIpc) is 2.88. The first kappa shape index (κ1) is 23.9. The van der Waals surface area contributed by atoms with Crippen molar-refractivity contribution in [2.24, 2.45) is 5.73 Å². The number of nitrogens with zero attached hydrogens (tertiary/aromatic N) is 1. The minimum absolute atomic E-state index is 0.132. The number of ether oxygens (including phenoxy) is 3. The number of piperidine rings is 1. The Bertz CT molecular complexity index is 1130. The molecule has 0 amide bonds. The monoisotopic (exact) mass is 472 g/mol. The van der Waals surface area contributed by atoms with Gasteiger partial charge in [-0.25, -0.2) is 0 Å². The van der Waals surface area contributed by atoms with Crippen molar-refractivity contribution in [1.29, 1.82) is 0 Å². The quantitative estimate of drug-likeness (QED) is 0.467. The van der Waals surface area contributed by atoms with Gasteiger partial charge in [0.15, 0.2) is 11.5 Å². The lowest BCUT2D eigenvalue weighted by atomic mass is 9.78. The number of rotatable bonds is 8. The first-order chi connectivity index (χ1) is 17.1. The molecule has 5 heteroatoms. The van der Waals surface area contributed by atoms with Gasteiger partial charge < -0.3 is 19.9 Å². The molecule has 1 fully saturated rings. The summed E-state index contributed by atoms with van der Waals surface area (Å²) in [6, 6.07) is 23.8. The summed E-state index contributed by atoms with van der Waals surface area (Å²) in [5.41, 5.74) is 13.3. The van der Waals surface area contributed by atoms with E-state index in [1.54, 1.807) is 7.11 Å². The summed E-state index contributed by atoms with van der Waals surface area (Å²) >= 11 is 0. The van der Waals surface area contributed by atoms with Crippen LogP contribution in [-0.2, 0) is 17.8 Å². The second-order valence-electron chi connectivity index (χ2n) is 9.77. The molecular formula is C30H36N2O3. The molecule has 0 bridgehead atoms. The Labute approximate surface area is 208 Å². The van der Waals surface area contributed by atoms with E-state index < -0.39 is 0 Å². The minimum Gasteiger partial charge on any atom is -0.493 e. The third-order valence-electron chi connectivity index (χ3n) is 7.40. The maximum atomic E-state index is 6.77. The molecule has 0 aliphatic carbocycles. The van der Waals surface area contributed by atoms with Gasteiger partial charge in [-0.3, -0.25) is 4.90 Å². The summed E-state index contributed by atoms with van der Waals surface area (Å²) in [7, 11) is 1.71. The standard InChI is InChI=1S/C30H36N2O3/c1-21-7-6-10-23(15-21)26-19-32-12-11-24-16-30(29(33-2)17-25(24)28(32)18-27(26)31)35-14-13-34-20-22-8-4-3-5-9-22/h3-10,15-17,26-28H,11-14,18-20,31H2,1-2H3/t26-,27+,28+/m0/s1. The Hall–Kier alpha value is -2.86. The highest BCUT2D eigenvalue weighted by molar-refractivity contribution is 5.50. The summed E-state index contributed by atoms with van der Waals surface area (Å²) in [6.07, 6.45) is 1.95. The third kappa shape index (κ3) is 5.37. The van der Waals surface area contributed by atoms with E-state index in [4.69, 9.17) is 19.9 Å². The third-order valence-corrected chi connectivity index (χ3v) is 7.40. The van der Waals surface area contributed by atoms with Crippen molar-refractivity contribution in [3.05, 3.63) is 94.5 Å². The highest BCUT2D eigenvalue weighted by Gasteiger charge is 2.38. The lowest BCUT2D eigenvalue weighted by Crippen LogP contribution is -2.49. The smallest absolute Gasteiger partial charge is 0.161 e. The minimum atomic E-state index is 0.132. The molecular weight excluding hydrogens is 436 g/mol. The maximum Gasteiger partial charge on any atom is 0.161 e. The van der Waals surface area contributed by atoms with Crippen LogP contribution in [0.2, 0.25) is 0 Å². The number of aryl methyl sites for hydroxylation is 1. The zero-order valence-electron chi connectivity index (χ0n) is 20.8. The second-order valence-corrected chi connectivity index (χ2v) is 9.77. The molecule has 2 N–H and O–H groups in total. The first-order valence-corrected chi connectivity index (χ1v) is 12.6. The van der Waals surface area contributed by atoms with Crippen molar-refractivity contribution in [3.8, 4) is 11.5 Å². The maximum absolute atomic E-state index is 6.77. The van der Waals surface area contributed by atoms with Crippen LogP contribution < -0.4 is 15.2 Å². The summed E-state index contributed by atoms with van der Waals surface area (Å²) < 4.78 is 17.6. The molecule has 0 aromatic heterocycles. The molecule has 1 saturated heterocycles. The number of fused-ring (bicyclic) bond motifs is 3. The van der Waals surface area contributed by atoms with E-state index in [0.717, 1.165) is 37.4 Å². The lowest BCUT2D eigenvalue weighted by Gasteiger charge is -2.46. The van der Waals surface area contributed by atoms with Crippen molar-refractivity contribution in [1.82, 2.24) is 4.90 Å². The molecule has 0 saturated carbocycles. The van der Waals surface area contributed by atoms with Gasteiger partial charge in [0.2, 0.25) is 0 Å². The van der Waals surface area contributed by atoms with E-state index in [1.807, 2.05) is 18.2 Å². The molecule has 2 aliphatic heterocycles. The van der Waals surface area contributed by atoms with Crippen LogP contribution in [0.4, 0.5) is 0 Å². The predicted molar refractivity (Wildman–Crippen MR) is 139 cm³/mol. The average molecular weight is 473 g/mol. The van der Waals surface area contributed by atoms with Crippen LogP contribution in [0.1, 0.15) is 46.2 Å². The molecule has 3 aromatic carbocycles. The van der Waals surface area contributed by atoms with E-state index >= 15 is 0 Å². The molecule has 3 aromatic rings. The molecule has 0 radical (unpaired) electrons. The van der Waals surface area contributed by atoms with Crippen LogP contribution >= 0.6 is 0 Å². The largest absolute Gasteiger partial charge is 0.493 e. The van der Waals surface area contributed by atoms with Crippen molar-refractivity contribution in [2.75, 3.05) is 33.4 Å². The molecule has 184 valence electrons. The molecule has 5 rings (SSSR count). The summed E-state index contributed by atoms with van der Waals surface area (Å²) in [5.74, 6) is 1.94. The topological polar surface area (TPSA) is 57.0 Å². The van der Waals surface area contributed by atoms with Gasteiger partial charge >= 0.3 is 0 Å². The number of benzene rings is 3. The van der Waals surface area contributed by atoms with Gasteiger partial charge in [-0.1, -0.05) is 60.2 Å². The fourth-order valence-corrected chi connectivity index (χ4v) is 5.57. The predicted octanol–water partition coefficient (Wildman–Crippen LogP) is 5.01. The van der Waals surface area contributed by atoms with Gasteiger partial charge in [-0.2, -0.15) is 0 Å². The van der Waals surface area contributed by atoms with Crippen molar-refractivity contribution in [3.63, 3.8) is 0 Å². The van der Waals surface area contributed by atoms with Gasteiger partial charge in [0.25, 0.3) is 0 Å². The van der Waals surface area contributed by atoms with Crippen LogP contribution in [0.25, 0.3) is 0 Å². The summed E-state index contributed by atoms with van der Waals surface area (Å²) in [4.78, 5) is 2.61. The fourth-order valence-electron chi connectivity index (χ4n) is 5.57. The fraction of sp³-hybridized carbons (Fsp3) is 0.400. The number of hydrogen-bond donors (Lipinski definition) is 1. The zero-order chi connectivity index (χ0) is 24.2. The van der Waals surface area contributed by atoms with Crippen LogP contribution in [0.3, 0.4) is 0 Å². The summed E-state index contributed by atoms with van der Waals surface area (Å²) in [6.45, 7) is 5.79. The number of nitrogens with two attached hydrogens (primary N) is 1. The normalized spacial score (nSPS) is 21.7. The molecule has 0 unspecified atom stereocenters. The Morgan fingerprint density at radius 1 is 0.971 bits per heavy atom. The Balaban J connectivity index is 1.24. The number of methoxy groups -OCH3 is 1. The van der Waals surface area contributed by atoms with Crippen LogP contribution in [0.5, 0.6) is 11.5 Å². The Morgan fingerprint density at radius 3 is 2.63 bits per heavy atom. The van der Waals surface area contributed by atoms with E-state index in [9.17, 15) is 0 Å².